The van der Waals surface area contributed by atoms with E-state index in [-0.39, 0.29) is 0 Å². The molecule has 0 heterocycles. The molecule has 66 valence electrons. The minimum Gasteiger partial charge on any atom is -0.380 e. The van der Waals surface area contributed by atoms with Crippen LogP contribution in [0.1, 0.15) is 11.1 Å². The van der Waals surface area contributed by atoms with Gasteiger partial charge in [-0.3, -0.25) is 0 Å². The Morgan fingerprint density at radius 3 is 2.92 bits per heavy atom. The van der Waals surface area contributed by atoms with Gasteiger partial charge in [0.25, 0.3) is 0 Å². The first-order valence-electron chi connectivity index (χ1n) is 4.01. The molecule has 0 amide bonds. The van der Waals surface area contributed by atoms with E-state index in [1.165, 1.54) is 6.08 Å². The summed E-state index contributed by atoms with van der Waals surface area (Å²) in [7, 11) is 1.66. The van der Waals surface area contributed by atoms with Crippen molar-refractivity contribution < 1.29 is 4.74 Å². The Kier molecular flexibility index (Phi) is 3.74. The third-order valence-electron chi connectivity index (χ3n) is 1.69. The van der Waals surface area contributed by atoms with E-state index in [4.69, 9.17) is 10.00 Å². The molecular formula is C11H11NO. The number of hydrogen-bond donors (Lipinski definition) is 0. The number of nitriles is 1. The van der Waals surface area contributed by atoms with E-state index in [1.54, 1.807) is 13.2 Å². The minimum absolute atomic E-state index is 0.575. The molecule has 2 heteroatoms. The molecule has 0 aliphatic carbocycles. The van der Waals surface area contributed by atoms with Crippen molar-refractivity contribution in [3.05, 3.63) is 41.5 Å². The Morgan fingerprint density at radius 2 is 2.23 bits per heavy atom. The smallest absolute Gasteiger partial charge is 0.0912 e. The van der Waals surface area contributed by atoms with Crippen LogP contribution in [0.3, 0.4) is 0 Å². The number of allylic oxidation sites excluding steroid dienone is 1. The molecule has 1 aromatic rings. The first kappa shape index (κ1) is 9.50. The molecule has 0 fully saturated rings. The lowest BCUT2D eigenvalue weighted by Gasteiger charge is -2.02. The molecule has 0 aromatic heterocycles. The van der Waals surface area contributed by atoms with Gasteiger partial charge in [-0.15, -0.1) is 0 Å². The van der Waals surface area contributed by atoms with Crippen molar-refractivity contribution in [1.82, 2.24) is 0 Å². The average molecular weight is 173 g/mol. The van der Waals surface area contributed by atoms with Gasteiger partial charge in [0.1, 0.15) is 0 Å². The Morgan fingerprint density at radius 1 is 1.46 bits per heavy atom. The molecule has 13 heavy (non-hydrogen) atoms. The summed E-state index contributed by atoms with van der Waals surface area (Å²) >= 11 is 0. The fourth-order valence-electron chi connectivity index (χ4n) is 1.11. The van der Waals surface area contributed by atoms with Crippen LogP contribution in [-0.2, 0) is 11.3 Å². The fraction of sp³-hybridized carbons (Fsp3) is 0.182. The van der Waals surface area contributed by atoms with Crippen LogP contribution in [0.4, 0.5) is 0 Å². The van der Waals surface area contributed by atoms with Crippen LogP contribution in [0.2, 0.25) is 0 Å². The Hall–Kier alpha value is -1.59. The van der Waals surface area contributed by atoms with E-state index >= 15 is 0 Å². The molecule has 0 aliphatic heterocycles. The summed E-state index contributed by atoms with van der Waals surface area (Å²) in [5.74, 6) is 0. The fourth-order valence-corrected chi connectivity index (χ4v) is 1.11. The van der Waals surface area contributed by atoms with Gasteiger partial charge >= 0.3 is 0 Å². The zero-order valence-electron chi connectivity index (χ0n) is 7.53. The predicted octanol–water partition coefficient (Wildman–Crippen LogP) is 2.37. The molecule has 1 rings (SSSR count). The summed E-state index contributed by atoms with van der Waals surface area (Å²) in [5.41, 5.74) is 2.13. The van der Waals surface area contributed by atoms with Crippen LogP contribution >= 0.6 is 0 Å². The van der Waals surface area contributed by atoms with Gasteiger partial charge in [-0.25, -0.2) is 0 Å². The van der Waals surface area contributed by atoms with E-state index in [1.807, 2.05) is 30.3 Å². The van der Waals surface area contributed by atoms with E-state index < -0.39 is 0 Å². The number of methoxy groups -OCH3 is 1. The van der Waals surface area contributed by atoms with Crippen LogP contribution < -0.4 is 0 Å². The highest BCUT2D eigenvalue weighted by Crippen LogP contribution is 2.11. The molecule has 0 spiro atoms. The lowest BCUT2D eigenvalue weighted by Crippen LogP contribution is -1.90. The summed E-state index contributed by atoms with van der Waals surface area (Å²) in [6.45, 7) is 0.575. The third-order valence-corrected chi connectivity index (χ3v) is 1.69. The molecule has 1 aromatic carbocycles. The second kappa shape index (κ2) is 5.13. The van der Waals surface area contributed by atoms with E-state index in [9.17, 15) is 0 Å². The lowest BCUT2D eigenvalue weighted by molar-refractivity contribution is 0.184. The Bertz CT molecular complexity index is 336. The van der Waals surface area contributed by atoms with Crippen LogP contribution in [0.15, 0.2) is 30.3 Å². The van der Waals surface area contributed by atoms with Gasteiger partial charge in [0.2, 0.25) is 0 Å². The molecule has 0 saturated carbocycles. The summed E-state index contributed by atoms with van der Waals surface area (Å²) in [4.78, 5) is 0. The van der Waals surface area contributed by atoms with Crippen LogP contribution in [-0.4, -0.2) is 7.11 Å². The maximum absolute atomic E-state index is 8.38. The van der Waals surface area contributed by atoms with Crippen LogP contribution in [0.25, 0.3) is 6.08 Å². The van der Waals surface area contributed by atoms with Gasteiger partial charge < -0.3 is 4.74 Å². The summed E-state index contributed by atoms with van der Waals surface area (Å²) in [6.07, 6.45) is 3.25. The highest BCUT2D eigenvalue weighted by Gasteiger charge is 1.96. The Labute approximate surface area is 78.1 Å². The second-order valence-corrected chi connectivity index (χ2v) is 2.59. The van der Waals surface area contributed by atoms with Crippen molar-refractivity contribution in [3.8, 4) is 6.07 Å². The maximum Gasteiger partial charge on any atom is 0.0912 e. The third kappa shape index (κ3) is 2.73. The standard InChI is InChI=1S/C11H11NO/c1-13-9-11-6-3-2-5-10(11)7-4-8-12/h2-7H,9H2,1H3. The number of benzene rings is 1. The minimum atomic E-state index is 0.575. The van der Waals surface area contributed by atoms with Crippen molar-refractivity contribution in [2.75, 3.05) is 7.11 Å². The molecular weight excluding hydrogens is 162 g/mol. The summed E-state index contributed by atoms with van der Waals surface area (Å²) < 4.78 is 5.03. The number of nitrogens with zero attached hydrogens (tertiary/aromatic N) is 1. The van der Waals surface area contributed by atoms with Gasteiger partial charge in [0.05, 0.1) is 12.7 Å². The van der Waals surface area contributed by atoms with Crippen molar-refractivity contribution in [3.63, 3.8) is 0 Å². The largest absolute Gasteiger partial charge is 0.380 e. The average Bonchev–Trinajstić information content (AvgIpc) is 2.17. The quantitative estimate of drug-likeness (QED) is 0.657. The van der Waals surface area contributed by atoms with Gasteiger partial charge in [-0.05, 0) is 17.2 Å². The number of rotatable bonds is 3. The van der Waals surface area contributed by atoms with Gasteiger partial charge in [0.15, 0.2) is 0 Å². The van der Waals surface area contributed by atoms with Gasteiger partial charge in [0, 0.05) is 13.2 Å². The molecule has 0 saturated heterocycles. The van der Waals surface area contributed by atoms with E-state index in [2.05, 4.69) is 0 Å². The second-order valence-electron chi connectivity index (χ2n) is 2.59. The zero-order valence-corrected chi connectivity index (χ0v) is 7.53. The van der Waals surface area contributed by atoms with Crippen molar-refractivity contribution >= 4 is 6.08 Å². The number of ether oxygens (including phenoxy) is 1. The SMILES string of the molecule is COCc1ccccc1C=CC#N. The normalized spacial score (nSPS) is 10.2. The first-order chi connectivity index (χ1) is 6.38. The predicted molar refractivity (Wildman–Crippen MR) is 51.8 cm³/mol. The van der Waals surface area contributed by atoms with Gasteiger partial charge in [-0.2, -0.15) is 5.26 Å². The summed E-state index contributed by atoms with van der Waals surface area (Å²) in [6, 6.07) is 9.81. The monoisotopic (exact) mass is 173 g/mol. The molecule has 2 nitrogen and oxygen atoms in total. The lowest BCUT2D eigenvalue weighted by atomic mass is 10.1. The maximum atomic E-state index is 8.38. The van der Waals surface area contributed by atoms with Crippen LogP contribution in [0.5, 0.6) is 0 Å². The van der Waals surface area contributed by atoms with Crippen molar-refractivity contribution in [2.24, 2.45) is 0 Å². The summed E-state index contributed by atoms with van der Waals surface area (Å²) in [5, 5.41) is 8.38. The topological polar surface area (TPSA) is 33.0 Å². The molecule has 0 N–H and O–H groups in total. The number of hydrogen-bond acceptors (Lipinski definition) is 2. The Balaban J connectivity index is 2.92. The highest BCUT2D eigenvalue weighted by atomic mass is 16.5. The molecule has 0 atom stereocenters. The van der Waals surface area contributed by atoms with Gasteiger partial charge in [-0.1, -0.05) is 24.3 Å². The van der Waals surface area contributed by atoms with E-state index in [0.29, 0.717) is 6.61 Å². The van der Waals surface area contributed by atoms with Crippen molar-refractivity contribution in [1.29, 1.82) is 5.26 Å². The molecule has 0 unspecified atom stereocenters. The van der Waals surface area contributed by atoms with Crippen molar-refractivity contribution in [2.45, 2.75) is 6.61 Å². The zero-order chi connectivity index (χ0) is 9.52. The first-order valence-corrected chi connectivity index (χ1v) is 4.01. The van der Waals surface area contributed by atoms with Crippen LogP contribution in [0, 0.1) is 11.3 Å². The highest BCUT2D eigenvalue weighted by molar-refractivity contribution is 5.55. The molecule has 0 bridgehead atoms. The molecule has 0 aliphatic rings. The molecule has 0 radical (unpaired) electrons. The van der Waals surface area contributed by atoms with E-state index in [0.717, 1.165) is 11.1 Å².